The number of aromatic nitrogens is 1. The van der Waals surface area contributed by atoms with Crippen LogP contribution in [0, 0.1) is 12.8 Å². The van der Waals surface area contributed by atoms with Crippen LogP contribution in [0.2, 0.25) is 0 Å². The Labute approximate surface area is 182 Å². The molecule has 1 aromatic carbocycles. The third-order valence-electron chi connectivity index (χ3n) is 5.10. The minimum absolute atomic E-state index is 0.0457. The molecule has 0 unspecified atom stereocenters. The van der Waals surface area contributed by atoms with Crippen LogP contribution in [-0.4, -0.2) is 53.5 Å². The SMILES string of the molecule is COCCN1C(=O)C(=O)/C(=C(/O)c2ccc(OCC(C)C)c(C)c2)[C@H]1c1cccnc1. The van der Waals surface area contributed by atoms with Crippen molar-refractivity contribution >= 4 is 17.4 Å². The van der Waals surface area contributed by atoms with Crippen LogP contribution in [0.25, 0.3) is 5.76 Å². The van der Waals surface area contributed by atoms with Crippen molar-refractivity contribution < 1.29 is 24.2 Å². The van der Waals surface area contributed by atoms with Gasteiger partial charge in [0.05, 0.1) is 24.8 Å². The van der Waals surface area contributed by atoms with Crippen molar-refractivity contribution in [1.29, 1.82) is 0 Å². The third kappa shape index (κ3) is 4.77. The van der Waals surface area contributed by atoms with Crippen molar-refractivity contribution in [2.75, 3.05) is 26.9 Å². The number of nitrogens with zero attached hydrogens (tertiary/aromatic N) is 2. The van der Waals surface area contributed by atoms with Gasteiger partial charge >= 0.3 is 0 Å². The van der Waals surface area contributed by atoms with Gasteiger partial charge in [0.15, 0.2) is 0 Å². The number of pyridine rings is 1. The lowest BCUT2D eigenvalue weighted by Gasteiger charge is -2.24. The molecule has 1 atom stereocenters. The fraction of sp³-hybridized carbons (Fsp3) is 0.375. The smallest absolute Gasteiger partial charge is 0.295 e. The highest BCUT2D eigenvalue weighted by Gasteiger charge is 2.46. The Morgan fingerprint density at radius 1 is 1.26 bits per heavy atom. The van der Waals surface area contributed by atoms with E-state index in [0.29, 0.717) is 23.7 Å². The second-order valence-corrected chi connectivity index (χ2v) is 7.96. The molecule has 7 nitrogen and oxygen atoms in total. The minimum Gasteiger partial charge on any atom is -0.507 e. The van der Waals surface area contributed by atoms with Gasteiger partial charge in [-0.05, 0) is 48.2 Å². The summed E-state index contributed by atoms with van der Waals surface area (Å²) in [4.78, 5) is 31.2. The van der Waals surface area contributed by atoms with Gasteiger partial charge in [0.25, 0.3) is 11.7 Å². The molecule has 1 amide bonds. The van der Waals surface area contributed by atoms with Crippen LogP contribution >= 0.6 is 0 Å². The topological polar surface area (TPSA) is 89.0 Å². The van der Waals surface area contributed by atoms with Gasteiger partial charge < -0.3 is 19.5 Å². The summed E-state index contributed by atoms with van der Waals surface area (Å²) in [5.74, 6) is -0.503. The zero-order valence-electron chi connectivity index (χ0n) is 18.3. The Morgan fingerprint density at radius 2 is 2.03 bits per heavy atom. The number of benzene rings is 1. The number of ether oxygens (including phenoxy) is 2. The molecule has 1 aliphatic rings. The van der Waals surface area contributed by atoms with Gasteiger partial charge in [0.2, 0.25) is 0 Å². The summed E-state index contributed by atoms with van der Waals surface area (Å²) in [5, 5.41) is 11.1. The van der Waals surface area contributed by atoms with Crippen molar-refractivity contribution in [3.8, 4) is 5.75 Å². The van der Waals surface area contributed by atoms with Crippen LogP contribution < -0.4 is 4.74 Å². The first kappa shape index (κ1) is 22.5. The Morgan fingerprint density at radius 3 is 2.65 bits per heavy atom. The Hall–Kier alpha value is -3.19. The van der Waals surface area contributed by atoms with Crippen LogP contribution in [0.4, 0.5) is 0 Å². The number of carbonyl (C=O) groups is 2. The van der Waals surface area contributed by atoms with Gasteiger partial charge in [0, 0.05) is 31.6 Å². The number of Topliss-reactive ketones (excluding diaryl/α,β-unsaturated/α-hetero) is 1. The number of likely N-dealkylation sites (tertiary alicyclic amines) is 1. The molecule has 7 heteroatoms. The molecule has 3 rings (SSSR count). The predicted molar refractivity (Wildman–Crippen MR) is 117 cm³/mol. The van der Waals surface area contributed by atoms with E-state index in [1.54, 1.807) is 42.7 Å². The van der Waals surface area contributed by atoms with E-state index in [2.05, 4.69) is 18.8 Å². The van der Waals surface area contributed by atoms with Gasteiger partial charge in [-0.3, -0.25) is 14.6 Å². The molecular formula is C24H28N2O5. The predicted octanol–water partition coefficient (Wildman–Crippen LogP) is 3.49. The molecule has 0 aliphatic carbocycles. The van der Waals surface area contributed by atoms with Gasteiger partial charge in [-0.25, -0.2) is 0 Å². The van der Waals surface area contributed by atoms with E-state index in [4.69, 9.17) is 9.47 Å². The number of rotatable bonds is 8. The lowest BCUT2D eigenvalue weighted by Crippen LogP contribution is -2.32. The number of aliphatic hydroxyl groups excluding tert-OH is 1. The molecule has 0 spiro atoms. The molecule has 1 saturated heterocycles. The first-order chi connectivity index (χ1) is 14.8. The summed E-state index contributed by atoms with van der Waals surface area (Å²) in [6.45, 7) is 7.08. The quantitative estimate of drug-likeness (QED) is 0.396. The lowest BCUT2D eigenvalue weighted by atomic mass is 9.95. The van der Waals surface area contributed by atoms with Crippen molar-refractivity contribution in [2.24, 2.45) is 5.92 Å². The molecule has 2 aromatic rings. The number of methoxy groups -OCH3 is 1. The van der Waals surface area contributed by atoms with Crippen molar-refractivity contribution in [2.45, 2.75) is 26.8 Å². The number of aliphatic hydroxyl groups is 1. The molecule has 1 aliphatic heterocycles. The average molecular weight is 424 g/mol. The van der Waals surface area contributed by atoms with Crippen LogP contribution in [-0.2, 0) is 14.3 Å². The van der Waals surface area contributed by atoms with Crippen LogP contribution in [0.5, 0.6) is 5.75 Å². The molecule has 164 valence electrons. The number of hydrogen-bond donors (Lipinski definition) is 1. The standard InChI is InChI=1S/C24H28N2O5/c1-15(2)14-31-19-8-7-17(12-16(19)3)22(27)20-21(18-6-5-9-25-13-18)26(10-11-30-4)24(29)23(20)28/h5-9,12-13,15,21,27H,10-11,14H2,1-4H3/b22-20+/t21-/m1/s1. The molecule has 1 fully saturated rings. The molecule has 1 aromatic heterocycles. The summed E-state index contributed by atoms with van der Waals surface area (Å²) in [6, 6.07) is 8.00. The maximum absolute atomic E-state index is 12.9. The van der Waals surface area contributed by atoms with E-state index >= 15 is 0 Å². The highest BCUT2D eigenvalue weighted by Crippen LogP contribution is 2.39. The van der Waals surface area contributed by atoms with E-state index < -0.39 is 17.7 Å². The maximum Gasteiger partial charge on any atom is 0.295 e. The number of hydrogen-bond acceptors (Lipinski definition) is 6. The second kappa shape index (κ2) is 9.75. The van der Waals surface area contributed by atoms with Gasteiger partial charge in [-0.15, -0.1) is 0 Å². The Bertz CT molecular complexity index is 985. The van der Waals surface area contributed by atoms with E-state index in [1.165, 1.54) is 12.0 Å². The van der Waals surface area contributed by atoms with Crippen LogP contribution in [0.3, 0.4) is 0 Å². The zero-order valence-corrected chi connectivity index (χ0v) is 18.3. The fourth-order valence-corrected chi connectivity index (χ4v) is 3.56. The Kier molecular flexibility index (Phi) is 7.07. The van der Waals surface area contributed by atoms with E-state index in [9.17, 15) is 14.7 Å². The van der Waals surface area contributed by atoms with Gasteiger partial charge in [-0.2, -0.15) is 0 Å². The second-order valence-electron chi connectivity index (χ2n) is 7.96. The van der Waals surface area contributed by atoms with Gasteiger partial charge in [-0.1, -0.05) is 19.9 Å². The highest BCUT2D eigenvalue weighted by molar-refractivity contribution is 6.46. The van der Waals surface area contributed by atoms with Crippen molar-refractivity contribution in [3.05, 3.63) is 65.0 Å². The van der Waals surface area contributed by atoms with Crippen molar-refractivity contribution in [1.82, 2.24) is 9.88 Å². The van der Waals surface area contributed by atoms with Crippen molar-refractivity contribution in [3.63, 3.8) is 0 Å². The monoisotopic (exact) mass is 424 g/mol. The van der Waals surface area contributed by atoms with Crippen LogP contribution in [0.1, 0.15) is 36.6 Å². The summed E-state index contributed by atoms with van der Waals surface area (Å²) < 4.78 is 10.9. The average Bonchev–Trinajstić information content (AvgIpc) is 3.01. The van der Waals surface area contributed by atoms with Gasteiger partial charge in [0.1, 0.15) is 11.5 Å². The molecule has 0 bridgehead atoms. The number of aryl methyl sites for hydroxylation is 1. The molecule has 2 heterocycles. The molecule has 0 saturated carbocycles. The van der Waals surface area contributed by atoms with E-state index in [-0.39, 0.29) is 24.5 Å². The number of amides is 1. The lowest BCUT2D eigenvalue weighted by molar-refractivity contribution is -0.140. The van der Waals surface area contributed by atoms with Crippen LogP contribution in [0.15, 0.2) is 48.3 Å². The Balaban J connectivity index is 2.05. The summed E-state index contributed by atoms with van der Waals surface area (Å²) in [5.41, 5.74) is 1.97. The fourth-order valence-electron chi connectivity index (χ4n) is 3.56. The zero-order chi connectivity index (χ0) is 22.5. The first-order valence-electron chi connectivity index (χ1n) is 10.3. The molecule has 31 heavy (non-hydrogen) atoms. The van der Waals surface area contributed by atoms with E-state index in [1.807, 2.05) is 6.92 Å². The molecule has 0 radical (unpaired) electrons. The van der Waals surface area contributed by atoms with E-state index in [0.717, 1.165) is 11.3 Å². The normalized spacial score (nSPS) is 18.1. The number of carbonyl (C=O) groups excluding carboxylic acids is 2. The highest BCUT2D eigenvalue weighted by atomic mass is 16.5. The molecular weight excluding hydrogens is 396 g/mol. The largest absolute Gasteiger partial charge is 0.507 e. The minimum atomic E-state index is -0.735. The summed E-state index contributed by atoms with van der Waals surface area (Å²) in [6.07, 6.45) is 3.21. The molecule has 1 N–H and O–H groups in total. The third-order valence-corrected chi connectivity index (χ3v) is 5.10. The maximum atomic E-state index is 12.9. The first-order valence-corrected chi connectivity index (χ1v) is 10.3. The summed E-state index contributed by atoms with van der Waals surface area (Å²) in [7, 11) is 1.53. The number of ketones is 1. The summed E-state index contributed by atoms with van der Waals surface area (Å²) >= 11 is 0.